The number of carbonyl (C=O) groups excluding carboxylic acids is 2. The highest BCUT2D eigenvalue weighted by atomic mass is 16.5. The highest BCUT2D eigenvalue weighted by Gasteiger charge is 2.44. The van der Waals surface area contributed by atoms with Crippen LogP contribution in [0.5, 0.6) is 17.2 Å². The third-order valence-electron chi connectivity index (χ3n) is 5.25. The molecule has 0 saturated heterocycles. The summed E-state index contributed by atoms with van der Waals surface area (Å²) in [6.07, 6.45) is 1.09. The molecule has 0 fully saturated rings. The monoisotopic (exact) mass is 364 g/mol. The third kappa shape index (κ3) is 2.14. The van der Waals surface area contributed by atoms with Crippen LogP contribution in [0.4, 0.5) is 0 Å². The number of H-pyrrole nitrogens is 1. The fourth-order valence-electron chi connectivity index (χ4n) is 3.99. The summed E-state index contributed by atoms with van der Waals surface area (Å²) < 4.78 is 11.3. The Hall–Kier alpha value is -3.48. The smallest absolute Gasteiger partial charge is 0.232 e. The Morgan fingerprint density at radius 3 is 2.89 bits per heavy atom. The molecule has 27 heavy (non-hydrogen) atoms. The van der Waals surface area contributed by atoms with Gasteiger partial charge in [0.05, 0.1) is 13.7 Å². The van der Waals surface area contributed by atoms with Crippen LogP contribution in [-0.4, -0.2) is 35.4 Å². The molecule has 1 amide bonds. The number of aromatic amines is 1. The SMILES string of the molecule is COc1cc([C@@H]2Oc3ccc4[nH]cc5c4c3[C@@H]2C(=O)NCC5=O)ccc1O. The second-order valence-electron chi connectivity index (χ2n) is 6.69. The van der Waals surface area contributed by atoms with E-state index in [-0.39, 0.29) is 24.0 Å². The molecule has 7 heteroatoms. The van der Waals surface area contributed by atoms with Crippen LogP contribution >= 0.6 is 0 Å². The zero-order valence-electron chi connectivity index (χ0n) is 14.4. The normalized spacial score (nSPS) is 20.8. The molecule has 2 aliphatic heterocycles. The Morgan fingerprint density at radius 1 is 1.22 bits per heavy atom. The van der Waals surface area contributed by atoms with Crippen LogP contribution in [0, 0.1) is 0 Å². The lowest BCUT2D eigenvalue weighted by Gasteiger charge is -2.21. The molecular weight excluding hydrogens is 348 g/mol. The van der Waals surface area contributed by atoms with Gasteiger partial charge in [0.1, 0.15) is 17.8 Å². The number of ether oxygens (including phenoxy) is 2. The number of hydrogen-bond acceptors (Lipinski definition) is 5. The number of ketones is 1. The van der Waals surface area contributed by atoms with E-state index >= 15 is 0 Å². The van der Waals surface area contributed by atoms with Gasteiger partial charge in [-0.05, 0) is 29.8 Å². The zero-order valence-corrected chi connectivity index (χ0v) is 14.4. The summed E-state index contributed by atoms with van der Waals surface area (Å²) in [5.41, 5.74) is 2.77. The van der Waals surface area contributed by atoms with Gasteiger partial charge in [-0.2, -0.15) is 0 Å². The van der Waals surface area contributed by atoms with Crippen LogP contribution in [0.1, 0.15) is 33.5 Å². The molecule has 3 N–H and O–H groups in total. The van der Waals surface area contributed by atoms with Crippen LogP contribution in [0.2, 0.25) is 0 Å². The molecule has 5 rings (SSSR count). The van der Waals surface area contributed by atoms with E-state index in [4.69, 9.17) is 9.47 Å². The molecule has 2 aliphatic rings. The van der Waals surface area contributed by atoms with Gasteiger partial charge in [0.25, 0.3) is 0 Å². The molecule has 1 aromatic heterocycles. The van der Waals surface area contributed by atoms with E-state index in [0.717, 1.165) is 10.9 Å². The van der Waals surface area contributed by atoms with Gasteiger partial charge in [0.15, 0.2) is 17.3 Å². The minimum atomic E-state index is -0.611. The van der Waals surface area contributed by atoms with Crippen molar-refractivity contribution < 1.29 is 24.2 Å². The second kappa shape index (κ2) is 5.51. The van der Waals surface area contributed by atoms with E-state index in [1.54, 1.807) is 18.3 Å². The summed E-state index contributed by atoms with van der Waals surface area (Å²) in [5.74, 6) is -0.119. The summed E-state index contributed by atoms with van der Waals surface area (Å²) in [4.78, 5) is 28.5. The van der Waals surface area contributed by atoms with Crippen molar-refractivity contribution in [2.75, 3.05) is 13.7 Å². The van der Waals surface area contributed by atoms with Crippen LogP contribution in [0.15, 0.2) is 36.5 Å². The molecule has 0 spiro atoms. The molecule has 0 unspecified atom stereocenters. The van der Waals surface area contributed by atoms with Gasteiger partial charge in [0, 0.05) is 28.2 Å². The maximum absolute atomic E-state index is 12.9. The van der Waals surface area contributed by atoms with E-state index in [9.17, 15) is 14.7 Å². The van der Waals surface area contributed by atoms with Gasteiger partial charge in [-0.15, -0.1) is 0 Å². The van der Waals surface area contributed by atoms with Gasteiger partial charge in [0.2, 0.25) is 5.91 Å². The number of nitrogens with one attached hydrogen (secondary N) is 2. The van der Waals surface area contributed by atoms with Gasteiger partial charge in [-0.25, -0.2) is 0 Å². The van der Waals surface area contributed by atoms with E-state index in [0.29, 0.717) is 28.2 Å². The summed E-state index contributed by atoms with van der Waals surface area (Å²) >= 11 is 0. The fraction of sp³-hybridized carbons (Fsp3) is 0.200. The van der Waals surface area contributed by atoms with Crippen LogP contribution in [0.25, 0.3) is 10.9 Å². The first-order chi connectivity index (χ1) is 13.1. The summed E-state index contributed by atoms with van der Waals surface area (Å²) in [7, 11) is 1.47. The average molecular weight is 364 g/mol. The Kier molecular flexibility index (Phi) is 3.21. The minimum absolute atomic E-state index is 0.0137. The van der Waals surface area contributed by atoms with E-state index in [1.807, 2.05) is 12.1 Å². The molecule has 0 radical (unpaired) electrons. The fourth-order valence-corrected chi connectivity index (χ4v) is 3.99. The number of methoxy groups -OCH3 is 1. The first-order valence-corrected chi connectivity index (χ1v) is 8.57. The van der Waals surface area contributed by atoms with Crippen molar-refractivity contribution in [3.63, 3.8) is 0 Å². The van der Waals surface area contributed by atoms with E-state index < -0.39 is 12.0 Å². The van der Waals surface area contributed by atoms with Crippen molar-refractivity contribution in [2.24, 2.45) is 0 Å². The molecule has 136 valence electrons. The lowest BCUT2D eigenvalue weighted by molar-refractivity contribution is -0.123. The maximum atomic E-state index is 12.9. The Balaban J connectivity index is 1.74. The molecule has 0 saturated carbocycles. The summed E-state index contributed by atoms with van der Waals surface area (Å²) in [6.45, 7) is -0.0580. The number of amides is 1. The first kappa shape index (κ1) is 15.7. The number of hydrogen-bond donors (Lipinski definition) is 3. The number of aromatic nitrogens is 1. The van der Waals surface area contributed by atoms with Crippen molar-refractivity contribution >= 4 is 22.6 Å². The Labute approximate surface area is 153 Å². The van der Waals surface area contributed by atoms with Crippen molar-refractivity contribution in [2.45, 2.75) is 12.0 Å². The maximum Gasteiger partial charge on any atom is 0.232 e. The van der Waals surface area contributed by atoms with Gasteiger partial charge >= 0.3 is 0 Å². The van der Waals surface area contributed by atoms with Crippen molar-refractivity contribution in [1.82, 2.24) is 10.3 Å². The topological polar surface area (TPSA) is 101 Å². The number of Topliss-reactive ketones (excluding diaryl/α,β-unsaturated/α-hetero) is 1. The molecular formula is C20H16N2O5. The number of aromatic hydroxyl groups is 1. The Morgan fingerprint density at radius 2 is 2.07 bits per heavy atom. The summed E-state index contributed by atoms with van der Waals surface area (Å²) in [5, 5.41) is 13.3. The summed E-state index contributed by atoms with van der Waals surface area (Å²) in [6, 6.07) is 8.55. The highest BCUT2D eigenvalue weighted by Crippen LogP contribution is 2.51. The van der Waals surface area contributed by atoms with Gasteiger partial charge in [-0.3, -0.25) is 9.59 Å². The quantitative estimate of drug-likeness (QED) is 0.648. The van der Waals surface area contributed by atoms with Crippen LogP contribution < -0.4 is 14.8 Å². The first-order valence-electron chi connectivity index (χ1n) is 8.57. The lowest BCUT2D eigenvalue weighted by Crippen LogP contribution is -2.36. The highest BCUT2D eigenvalue weighted by molar-refractivity contribution is 6.13. The predicted octanol–water partition coefficient (Wildman–Crippen LogP) is 2.41. The molecule has 3 aromatic rings. The number of benzene rings is 2. The molecule has 0 bridgehead atoms. The number of rotatable bonds is 2. The largest absolute Gasteiger partial charge is 0.504 e. The molecule has 7 nitrogen and oxygen atoms in total. The lowest BCUT2D eigenvalue weighted by atomic mass is 9.86. The second-order valence-corrected chi connectivity index (χ2v) is 6.69. The number of phenols is 1. The molecule has 2 aromatic carbocycles. The average Bonchev–Trinajstić information content (AvgIpc) is 3.26. The predicted molar refractivity (Wildman–Crippen MR) is 96.4 cm³/mol. The number of carbonyl (C=O) groups is 2. The third-order valence-corrected chi connectivity index (χ3v) is 5.25. The van der Waals surface area contributed by atoms with Crippen molar-refractivity contribution in [3.8, 4) is 17.2 Å². The van der Waals surface area contributed by atoms with E-state index in [1.165, 1.54) is 13.2 Å². The number of phenolic OH excluding ortho intramolecular Hbond substituents is 1. The van der Waals surface area contributed by atoms with Gasteiger partial charge in [-0.1, -0.05) is 6.07 Å². The standard InChI is InChI=1S/C20H16N2O5/c1-26-15-6-9(2-4-12(15)23)19-18-17-14(27-19)5-3-11-16(17)10(7-21-11)13(24)8-22-20(18)25/h2-7,18-19,21,23H,8H2,1H3,(H,22,25)/t18-,19-/m0/s1. The van der Waals surface area contributed by atoms with Crippen LogP contribution in [-0.2, 0) is 4.79 Å². The van der Waals surface area contributed by atoms with Gasteiger partial charge < -0.3 is 24.9 Å². The zero-order chi connectivity index (χ0) is 18.7. The van der Waals surface area contributed by atoms with Crippen molar-refractivity contribution in [1.29, 1.82) is 0 Å². The Bertz CT molecular complexity index is 1120. The molecule has 0 aliphatic carbocycles. The minimum Gasteiger partial charge on any atom is -0.504 e. The van der Waals surface area contributed by atoms with Crippen LogP contribution in [0.3, 0.4) is 0 Å². The molecule has 3 heterocycles. The molecule has 2 atom stereocenters. The van der Waals surface area contributed by atoms with E-state index in [2.05, 4.69) is 10.3 Å². The van der Waals surface area contributed by atoms with Crippen molar-refractivity contribution in [3.05, 3.63) is 53.2 Å².